The van der Waals surface area contributed by atoms with Gasteiger partial charge in [-0.15, -0.1) is 0 Å². The molecule has 0 unspecified atom stereocenters. The van der Waals surface area contributed by atoms with Crippen LogP contribution in [-0.4, -0.2) is 31.7 Å². The van der Waals surface area contributed by atoms with Crippen LogP contribution in [0.15, 0.2) is 53.4 Å². The van der Waals surface area contributed by atoms with Crippen molar-refractivity contribution in [1.29, 1.82) is 0 Å². The van der Waals surface area contributed by atoms with E-state index in [2.05, 4.69) is 5.32 Å². The molecule has 0 radical (unpaired) electrons. The highest BCUT2D eigenvalue weighted by molar-refractivity contribution is 7.89. The van der Waals surface area contributed by atoms with E-state index in [0.717, 1.165) is 24.8 Å². The average Bonchev–Trinajstić information content (AvgIpc) is 2.72. The summed E-state index contributed by atoms with van der Waals surface area (Å²) in [6, 6.07) is 12.9. The Kier molecular flexibility index (Phi) is 6.80. The van der Waals surface area contributed by atoms with Crippen molar-refractivity contribution in [3.8, 4) is 0 Å². The monoisotopic (exact) mass is 404 g/mol. The smallest absolute Gasteiger partial charge is 0.243 e. The van der Waals surface area contributed by atoms with Gasteiger partial charge in [0.05, 0.1) is 4.90 Å². The Morgan fingerprint density at radius 1 is 1.00 bits per heavy atom. The molecule has 1 aliphatic rings. The summed E-state index contributed by atoms with van der Waals surface area (Å²) < 4.78 is 40.4. The van der Waals surface area contributed by atoms with E-state index in [9.17, 15) is 17.6 Å². The van der Waals surface area contributed by atoms with Crippen LogP contribution in [0.4, 0.5) is 4.39 Å². The second-order valence-electron chi connectivity index (χ2n) is 6.98. The number of carbonyl (C=O) groups is 1. The zero-order valence-electron chi connectivity index (χ0n) is 15.7. The number of benzene rings is 2. The minimum atomic E-state index is -3.55. The van der Waals surface area contributed by atoms with E-state index in [0.29, 0.717) is 25.1 Å². The van der Waals surface area contributed by atoms with Crippen molar-refractivity contribution in [2.75, 3.05) is 13.1 Å². The van der Waals surface area contributed by atoms with Gasteiger partial charge in [0.25, 0.3) is 0 Å². The normalized spacial score (nSPS) is 15.3. The third-order valence-electron chi connectivity index (χ3n) is 4.94. The van der Waals surface area contributed by atoms with Crippen LogP contribution in [0.5, 0.6) is 0 Å². The summed E-state index contributed by atoms with van der Waals surface area (Å²) >= 11 is 0. The first-order valence-corrected chi connectivity index (χ1v) is 11.0. The molecule has 1 amide bonds. The SMILES string of the molecule is O=C(CCc1ccc(F)cc1)NCc1ccccc1S(=O)(=O)N1CCCCC1. The molecular weight excluding hydrogens is 379 g/mol. The van der Waals surface area contributed by atoms with E-state index in [4.69, 9.17) is 0 Å². The number of sulfonamides is 1. The van der Waals surface area contributed by atoms with E-state index in [-0.39, 0.29) is 29.6 Å². The Morgan fingerprint density at radius 3 is 2.39 bits per heavy atom. The lowest BCUT2D eigenvalue weighted by atomic mass is 10.1. The zero-order chi connectivity index (χ0) is 20.0. The fourth-order valence-electron chi connectivity index (χ4n) is 3.34. The number of hydrogen-bond acceptors (Lipinski definition) is 3. The van der Waals surface area contributed by atoms with E-state index >= 15 is 0 Å². The molecule has 28 heavy (non-hydrogen) atoms. The van der Waals surface area contributed by atoms with Crippen LogP contribution in [0.3, 0.4) is 0 Å². The highest BCUT2D eigenvalue weighted by Gasteiger charge is 2.27. The fraction of sp³-hybridized carbons (Fsp3) is 0.381. The minimum absolute atomic E-state index is 0.158. The number of aryl methyl sites for hydroxylation is 1. The van der Waals surface area contributed by atoms with Gasteiger partial charge in [0.15, 0.2) is 0 Å². The molecule has 3 rings (SSSR count). The predicted octanol–water partition coefficient (Wildman–Crippen LogP) is 3.25. The van der Waals surface area contributed by atoms with Crippen molar-refractivity contribution in [1.82, 2.24) is 9.62 Å². The average molecular weight is 405 g/mol. The second-order valence-corrected chi connectivity index (χ2v) is 8.88. The molecule has 5 nitrogen and oxygen atoms in total. The van der Waals surface area contributed by atoms with Gasteiger partial charge >= 0.3 is 0 Å². The molecular formula is C21H25FN2O3S. The first kappa shape index (κ1) is 20.5. The molecule has 0 bridgehead atoms. The van der Waals surface area contributed by atoms with Gasteiger partial charge in [-0.25, -0.2) is 12.8 Å². The third kappa shape index (κ3) is 5.17. The quantitative estimate of drug-likeness (QED) is 0.770. The van der Waals surface area contributed by atoms with Gasteiger partial charge in [-0.05, 0) is 48.6 Å². The van der Waals surface area contributed by atoms with Crippen LogP contribution in [0.1, 0.15) is 36.8 Å². The first-order valence-electron chi connectivity index (χ1n) is 9.56. The van der Waals surface area contributed by atoms with E-state index in [1.54, 1.807) is 36.4 Å². The number of carbonyl (C=O) groups excluding carboxylic acids is 1. The Labute approximate surface area is 165 Å². The van der Waals surface area contributed by atoms with Crippen molar-refractivity contribution < 1.29 is 17.6 Å². The van der Waals surface area contributed by atoms with Crippen LogP contribution < -0.4 is 5.32 Å². The summed E-state index contributed by atoms with van der Waals surface area (Å²) in [5, 5.41) is 2.80. The van der Waals surface area contributed by atoms with Crippen LogP contribution in [0, 0.1) is 5.82 Å². The first-order chi connectivity index (χ1) is 13.5. The summed E-state index contributed by atoms with van der Waals surface area (Å²) in [7, 11) is -3.55. The topological polar surface area (TPSA) is 66.5 Å². The molecule has 1 heterocycles. The largest absolute Gasteiger partial charge is 0.352 e. The standard InChI is InChI=1S/C21H25FN2O3S/c22-19-11-8-17(9-12-19)10-13-21(25)23-16-18-6-2-3-7-20(18)28(26,27)24-14-4-1-5-15-24/h2-3,6-9,11-12H,1,4-5,10,13-16H2,(H,23,25). The minimum Gasteiger partial charge on any atom is -0.352 e. The summed E-state index contributed by atoms with van der Waals surface area (Å²) in [6.45, 7) is 1.24. The van der Waals surface area contributed by atoms with E-state index < -0.39 is 10.0 Å². The second kappa shape index (κ2) is 9.30. The molecule has 1 fully saturated rings. The van der Waals surface area contributed by atoms with Crippen LogP contribution >= 0.6 is 0 Å². The zero-order valence-corrected chi connectivity index (χ0v) is 16.6. The summed E-state index contributed by atoms with van der Waals surface area (Å²) in [6.07, 6.45) is 3.56. The molecule has 150 valence electrons. The molecule has 2 aromatic carbocycles. The molecule has 1 saturated heterocycles. The predicted molar refractivity (Wildman–Crippen MR) is 106 cm³/mol. The van der Waals surface area contributed by atoms with Crippen LogP contribution in [-0.2, 0) is 27.8 Å². The lowest BCUT2D eigenvalue weighted by Gasteiger charge is -2.26. The molecule has 0 aromatic heterocycles. The maximum Gasteiger partial charge on any atom is 0.243 e. The van der Waals surface area contributed by atoms with E-state index in [1.807, 2.05) is 0 Å². The van der Waals surface area contributed by atoms with Gasteiger partial charge in [0.2, 0.25) is 15.9 Å². The highest BCUT2D eigenvalue weighted by Crippen LogP contribution is 2.23. The molecule has 1 aliphatic heterocycles. The number of nitrogens with zero attached hydrogens (tertiary/aromatic N) is 1. The summed E-state index contributed by atoms with van der Waals surface area (Å²) in [5.74, 6) is -0.478. The maximum absolute atomic E-state index is 13.0. The van der Waals surface area contributed by atoms with Gasteiger partial charge < -0.3 is 5.32 Å². The van der Waals surface area contributed by atoms with Crippen molar-refractivity contribution in [2.45, 2.75) is 43.5 Å². The number of hydrogen-bond donors (Lipinski definition) is 1. The Hall–Kier alpha value is -2.25. The third-order valence-corrected chi connectivity index (χ3v) is 6.93. The number of amides is 1. The van der Waals surface area contributed by atoms with Crippen LogP contribution in [0.25, 0.3) is 0 Å². The fourth-order valence-corrected chi connectivity index (χ4v) is 5.08. The summed E-state index contributed by atoms with van der Waals surface area (Å²) in [4.78, 5) is 12.4. The molecule has 1 N–H and O–H groups in total. The van der Waals surface area contributed by atoms with Gasteiger partial charge in [-0.1, -0.05) is 36.8 Å². The summed E-state index contributed by atoms with van der Waals surface area (Å²) in [5.41, 5.74) is 1.47. The van der Waals surface area contributed by atoms with Gasteiger partial charge in [0, 0.05) is 26.1 Å². The van der Waals surface area contributed by atoms with Crippen molar-refractivity contribution in [2.24, 2.45) is 0 Å². The Morgan fingerprint density at radius 2 is 1.68 bits per heavy atom. The number of halogens is 1. The number of rotatable bonds is 7. The molecule has 2 aromatic rings. The number of piperidine rings is 1. The lowest BCUT2D eigenvalue weighted by Crippen LogP contribution is -2.36. The molecule has 0 spiro atoms. The van der Waals surface area contributed by atoms with Crippen molar-refractivity contribution in [3.05, 3.63) is 65.5 Å². The van der Waals surface area contributed by atoms with Crippen molar-refractivity contribution in [3.63, 3.8) is 0 Å². The van der Waals surface area contributed by atoms with Crippen molar-refractivity contribution >= 4 is 15.9 Å². The highest BCUT2D eigenvalue weighted by atomic mass is 32.2. The maximum atomic E-state index is 13.0. The van der Waals surface area contributed by atoms with E-state index in [1.165, 1.54) is 16.4 Å². The number of nitrogens with one attached hydrogen (secondary N) is 1. The van der Waals surface area contributed by atoms with Gasteiger partial charge in [-0.2, -0.15) is 4.31 Å². The Bertz CT molecular complexity index is 908. The molecule has 0 saturated carbocycles. The lowest BCUT2D eigenvalue weighted by molar-refractivity contribution is -0.121. The van der Waals surface area contributed by atoms with Gasteiger partial charge in [0.1, 0.15) is 5.82 Å². The molecule has 7 heteroatoms. The molecule has 0 atom stereocenters. The van der Waals surface area contributed by atoms with Crippen LogP contribution in [0.2, 0.25) is 0 Å². The Balaban J connectivity index is 1.61. The van der Waals surface area contributed by atoms with Gasteiger partial charge in [-0.3, -0.25) is 4.79 Å². The molecule has 0 aliphatic carbocycles.